The lowest BCUT2D eigenvalue weighted by Gasteiger charge is -2.46. The molecule has 0 spiro atoms. The highest BCUT2D eigenvalue weighted by Gasteiger charge is 2.37. The number of nitrogens with one attached hydrogen (secondary N) is 1. The van der Waals surface area contributed by atoms with Crippen molar-refractivity contribution < 1.29 is 4.39 Å². The van der Waals surface area contributed by atoms with Crippen molar-refractivity contribution in [1.29, 1.82) is 0 Å². The van der Waals surface area contributed by atoms with Crippen LogP contribution in [0.4, 0.5) is 4.39 Å². The monoisotopic (exact) mass is 342 g/mol. The second-order valence-electron chi connectivity index (χ2n) is 6.09. The SMILES string of the molecule is CNC(c1cc(Br)ccc1F)C(C)(C)N1CCCCC1. The fraction of sp³-hybridized carbons (Fsp3) is 0.625. The second kappa shape index (κ2) is 6.54. The molecule has 1 N–H and O–H groups in total. The van der Waals surface area contributed by atoms with E-state index in [4.69, 9.17) is 0 Å². The maximum Gasteiger partial charge on any atom is 0.128 e. The summed E-state index contributed by atoms with van der Waals surface area (Å²) in [6, 6.07) is 5.15. The highest BCUT2D eigenvalue weighted by atomic mass is 79.9. The van der Waals surface area contributed by atoms with Gasteiger partial charge in [-0.3, -0.25) is 4.90 Å². The number of likely N-dealkylation sites (tertiary alicyclic amines) is 1. The Kier molecular flexibility index (Phi) is 5.21. The van der Waals surface area contributed by atoms with E-state index < -0.39 is 0 Å². The number of hydrogen-bond donors (Lipinski definition) is 1. The lowest BCUT2D eigenvalue weighted by atomic mass is 9.85. The molecular weight excluding hydrogens is 319 g/mol. The smallest absolute Gasteiger partial charge is 0.128 e. The van der Waals surface area contributed by atoms with Gasteiger partial charge >= 0.3 is 0 Å². The number of halogens is 2. The third kappa shape index (κ3) is 3.23. The molecule has 2 nitrogen and oxygen atoms in total. The van der Waals surface area contributed by atoms with Gasteiger partial charge in [-0.05, 0) is 65.0 Å². The van der Waals surface area contributed by atoms with E-state index in [0.29, 0.717) is 0 Å². The molecule has 20 heavy (non-hydrogen) atoms. The molecule has 1 aromatic carbocycles. The van der Waals surface area contributed by atoms with Gasteiger partial charge in [-0.2, -0.15) is 0 Å². The molecule has 1 aliphatic heterocycles. The highest BCUT2D eigenvalue weighted by Crippen LogP contribution is 2.35. The number of likely N-dealkylation sites (N-methyl/N-ethyl adjacent to an activating group) is 1. The van der Waals surface area contributed by atoms with Crippen molar-refractivity contribution in [3.8, 4) is 0 Å². The van der Waals surface area contributed by atoms with Gasteiger partial charge in [0.15, 0.2) is 0 Å². The van der Waals surface area contributed by atoms with Crippen LogP contribution >= 0.6 is 15.9 Å². The van der Waals surface area contributed by atoms with Crippen LogP contribution in [-0.4, -0.2) is 30.6 Å². The maximum absolute atomic E-state index is 14.2. The van der Waals surface area contributed by atoms with Gasteiger partial charge in [-0.15, -0.1) is 0 Å². The maximum atomic E-state index is 14.2. The van der Waals surface area contributed by atoms with Gasteiger partial charge in [-0.1, -0.05) is 22.4 Å². The van der Waals surface area contributed by atoms with Crippen molar-refractivity contribution in [2.75, 3.05) is 20.1 Å². The van der Waals surface area contributed by atoms with E-state index >= 15 is 0 Å². The molecule has 1 aliphatic rings. The van der Waals surface area contributed by atoms with Crippen molar-refractivity contribution in [2.45, 2.75) is 44.7 Å². The van der Waals surface area contributed by atoms with E-state index in [0.717, 1.165) is 23.1 Å². The molecule has 0 amide bonds. The predicted octanol–water partition coefficient (Wildman–Crippen LogP) is 4.11. The molecule has 0 aliphatic carbocycles. The predicted molar refractivity (Wildman–Crippen MR) is 85.4 cm³/mol. The van der Waals surface area contributed by atoms with Crippen LogP contribution in [0.5, 0.6) is 0 Å². The Morgan fingerprint density at radius 2 is 1.90 bits per heavy atom. The molecule has 1 aromatic rings. The standard InChI is InChI=1S/C16H24BrFN2/c1-16(2,20-9-5-4-6-10-20)15(19-3)13-11-12(17)7-8-14(13)18/h7-8,11,15,19H,4-6,9-10H2,1-3H3. The zero-order valence-electron chi connectivity index (χ0n) is 12.5. The van der Waals surface area contributed by atoms with E-state index in [9.17, 15) is 4.39 Å². The lowest BCUT2D eigenvalue weighted by molar-refractivity contribution is 0.0621. The van der Waals surface area contributed by atoms with Crippen molar-refractivity contribution in [3.63, 3.8) is 0 Å². The molecule has 0 radical (unpaired) electrons. The molecule has 1 unspecified atom stereocenters. The number of hydrogen-bond acceptors (Lipinski definition) is 2. The van der Waals surface area contributed by atoms with Crippen LogP contribution in [0.1, 0.15) is 44.7 Å². The molecule has 1 saturated heterocycles. The topological polar surface area (TPSA) is 15.3 Å². The number of nitrogens with zero attached hydrogens (tertiary/aromatic N) is 1. The number of piperidine rings is 1. The normalized spacial score (nSPS) is 19.1. The first kappa shape index (κ1) is 15.9. The second-order valence-corrected chi connectivity index (χ2v) is 7.00. The van der Waals surface area contributed by atoms with Gasteiger partial charge in [0.2, 0.25) is 0 Å². The van der Waals surface area contributed by atoms with Crippen molar-refractivity contribution in [2.24, 2.45) is 0 Å². The fourth-order valence-corrected chi connectivity index (χ4v) is 3.66. The summed E-state index contributed by atoms with van der Waals surface area (Å²) < 4.78 is 15.1. The van der Waals surface area contributed by atoms with E-state index in [-0.39, 0.29) is 17.4 Å². The van der Waals surface area contributed by atoms with Gasteiger partial charge in [-0.25, -0.2) is 4.39 Å². The molecule has 112 valence electrons. The van der Waals surface area contributed by atoms with Gasteiger partial charge in [0.1, 0.15) is 5.82 Å². The van der Waals surface area contributed by atoms with Gasteiger partial charge < -0.3 is 5.32 Å². The Morgan fingerprint density at radius 1 is 1.25 bits per heavy atom. The summed E-state index contributed by atoms with van der Waals surface area (Å²) >= 11 is 3.45. The largest absolute Gasteiger partial charge is 0.311 e. The van der Waals surface area contributed by atoms with Crippen molar-refractivity contribution >= 4 is 15.9 Å². The molecular formula is C16H24BrFN2. The van der Waals surface area contributed by atoms with Gasteiger partial charge in [0, 0.05) is 15.6 Å². The molecule has 4 heteroatoms. The van der Waals surface area contributed by atoms with Crippen molar-refractivity contribution in [3.05, 3.63) is 34.1 Å². The molecule has 1 atom stereocenters. The van der Waals surface area contributed by atoms with Crippen LogP contribution in [0.15, 0.2) is 22.7 Å². The van der Waals surface area contributed by atoms with Crippen LogP contribution in [0, 0.1) is 5.82 Å². The third-order valence-electron chi connectivity index (χ3n) is 4.44. The molecule has 0 aromatic heterocycles. The Morgan fingerprint density at radius 3 is 2.50 bits per heavy atom. The summed E-state index contributed by atoms with van der Waals surface area (Å²) in [6.07, 6.45) is 3.78. The summed E-state index contributed by atoms with van der Waals surface area (Å²) in [4.78, 5) is 2.48. The lowest BCUT2D eigenvalue weighted by Crippen LogP contribution is -2.54. The summed E-state index contributed by atoms with van der Waals surface area (Å²) in [7, 11) is 1.91. The minimum atomic E-state index is -0.141. The van der Waals surface area contributed by atoms with Crippen LogP contribution in [0.2, 0.25) is 0 Å². The van der Waals surface area contributed by atoms with E-state index in [1.54, 1.807) is 6.07 Å². The number of rotatable bonds is 4. The first-order chi connectivity index (χ1) is 9.46. The zero-order valence-corrected chi connectivity index (χ0v) is 14.1. The average molecular weight is 343 g/mol. The van der Waals surface area contributed by atoms with Gasteiger partial charge in [0.25, 0.3) is 0 Å². The summed E-state index contributed by atoms with van der Waals surface area (Å²) in [5.74, 6) is -0.141. The Bertz CT molecular complexity index is 456. The van der Waals surface area contributed by atoms with Crippen LogP contribution in [-0.2, 0) is 0 Å². The first-order valence-corrected chi connectivity index (χ1v) is 8.13. The average Bonchev–Trinajstić information content (AvgIpc) is 2.44. The Balaban J connectivity index is 2.32. The molecule has 0 saturated carbocycles. The molecule has 1 fully saturated rings. The summed E-state index contributed by atoms with van der Waals surface area (Å²) in [6.45, 7) is 6.61. The van der Waals surface area contributed by atoms with Crippen LogP contribution in [0.25, 0.3) is 0 Å². The minimum absolute atomic E-state index is 0.0295. The molecule has 2 rings (SSSR count). The minimum Gasteiger partial charge on any atom is -0.311 e. The number of benzene rings is 1. The van der Waals surface area contributed by atoms with Gasteiger partial charge in [0.05, 0.1) is 6.04 Å². The van der Waals surface area contributed by atoms with Crippen LogP contribution < -0.4 is 5.32 Å². The highest BCUT2D eigenvalue weighted by molar-refractivity contribution is 9.10. The summed E-state index contributed by atoms with van der Waals surface area (Å²) in [5.41, 5.74) is 0.619. The zero-order chi connectivity index (χ0) is 14.8. The molecule has 1 heterocycles. The first-order valence-electron chi connectivity index (χ1n) is 7.34. The van der Waals surface area contributed by atoms with Crippen molar-refractivity contribution in [1.82, 2.24) is 10.2 Å². The Labute approximate surface area is 129 Å². The van der Waals surface area contributed by atoms with E-state index in [1.807, 2.05) is 13.1 Å². The Hall–Kier alpha value is -0.450. The van der Waals surface area contributed by atoms with Crippen LogP contribution in [0.3, 0.4) is 0 Å². The van der Waals surface area contributed by atoms with E-state index in [1.165, 1.54) is 25.3 Å². The third-order valence-corrected chi connectivity index (χ3v) is 4.93. The fourth-order valence-electron chi connectivity index (χ4n) is 3.28. The summed E-state index contributed by atoms with van der Waals surface area (Å²) in [5, 5.41) is 3.32. The van der Waals surface area contributed by atoms with E-state index in [2.05, 4.69) is 40.0 Å². The molecule has 0 bridgehead atoms. The quantitative estimate of drug-likeness (QED) is 0.885.